The Morgan fingerprint density at radius 2 is 1.95 bits per heavy atom. The topological polar surface area (TPSA) is 27.1 Å². The van der Waals surface area contributed by atoms with Gasteiger partial charge in [-0.05, 0) is 18.6 Å². The number of hydrogen-bond donors (Lipinski definition) is 0. The van der Waals surface area contributed by atoms with E-state index in [1.165, 1.54) is 0 Å². The maximum atomic E-state index is 6.19. The first kappa shape index (κ1) is 13.0. The molecule has 0 spiro atoms. The largest absolute Gasteiger partial charge is 0.493 e. The Bertz CT molecular complexity index is 695. The second kappa shape index (κ2) is 5.97. The van der Waals surface area contributed by atoms with Crippen LogP contribution in [0.25, 0.3) is 10.8 Å². The predicted octanol–water partition coefficient (Wildman–Crippen LogP) is 4.16. The third-order valence-electron chi connectivity index (χ3n) is 3.21. The number of benzene rings is 2. The number of aryl methyl sites for hydroxylation is 1. The van der Waals surface area contributed by atoms with Crippen LogP contribution >= 0.6 is 11.6 Å². The van der Waals surface area contributed by atoms with Crippen LogP contribution < -0.4 is 4.74 Å². The van der Waals surface area contributed by atoms with Gasteiger partial charge >= 0.3 is 0 Å². The first-order valence-corrected chi connectivity index (χ1v) is 6.98. The molecule has 3 rings (SSSR count). The van der Waals surface area contributed by atoms with E-state index in [9.17, 15) is 0 Å². The molecular weight excluding hydrogens is 272 g/mol. The zero-order chi connectivity index (χ0) is 13.8. The normalized spacial score (nSPS) is 10.8. The smallest absolute Gasteiger partial charge is 0.127 e. The van der Waals surface area contributed by atoms with Crippen molar-refractivity contribution in [2.75, 3.05) is 6.61 Å². The van der Waals surface area contributed by atoms with Crippen LogP contribution in [0.4, 0.5) is 0 Å². The Labute approximate surface area is 122 Å². The average Bonchev–Trinajstić information content (AvgIpc) is 2.99. The van der Waals surface area contributed by atoms with E-state index in [0.717, 1.165) is 34.5 Å². The highest BCUT2D eigenvalue weighted by molar-refractivity contribution is 6.35. The SMILES string of the molecule is Clc1ccc(OCCCn2ccnc2)c2ccccc12. The molecule has 0 saturated heterocycles. The Morgan fingerprint density at radius 3 is 2.75 bits per heavy atom. The van der Waals surface area contributed by atoms with E-state index in [-0.39, 0.29) is 0 Å². The zero-order valence-electron chi connectivity index (χ0n) is 11.0. The van der Waals surface area contributed by atoms with Crippen molar-refractivity contribution < 1.29 is 4.74 Å². The summed E-state index contributed by atoms with van der Waals surface area (Å²) in [5.74, 6) is 0.885. The molecule has 1 aromatic heterocycles. The highest BCUT2D eigenvalue weighted by atomic mass is 35.5. The van der Waals surface area contributed by atoms with Crippen LogP contribution in [-0.4, -0.2) is 16.2 Å². The van der Waals surface area contributed by atoms with Crippen molar-refractivity contribution in [3.05, 3.63) is 60.1 Å². The minimum atomic E-state index is 0.670. The van der Waals surface area contributed by atoms with E-state index in [2.05, 4.69) is 4.98 Å². The third-order valence-corrected chi connectivity index (χ3v) is 3.54. The van der Waals surface area contributed by atoms with Gasteiger partial charge in [0.2, 0.25) is 0 Å². The fraction of sp³-hybridized carbons (Fsp3) is 0.188. The summed E-state index contributed by atoms with van der Waals surface area (Å²) in [5.41, 5.74) is 0. The lowest BCUT2D eigenvalue weighted by molar-refractivity contribution is 0.305. The lowest BCUT2D eigenvalue weighted by Crippen LogP contribution is -2.03. The van der Waals surface area contributed by atoms with Crippen molar-refractivity contribution in [2.24, 2.45) is 0 Å². The molecule has 1 heterocycles. The fourth-order valence-electron chi connectivity index (χ4n) is 2.21. The number of aromatic nitrogens is 2. The van der Waals surface area contributed by atoms with E-state index in [4.69, 9.17) is 16.3 Å². The van der Waals surface area contributed by atoms with Crippen molar-refractivity contribution in [2.45, 2.75) is 13.0 Å². The molecule has 0 aliphatic rings. The second-order valence-electron chi connectivity index (χ2n) is 4.59. The van der Waals surface area contributed by atoms with Crippen molar-refractivity contribution in [3.63, 3.8) is 0 Å². The van der Waals surface area contributed by atoms with Crippen LogP contribution in [-0.2, 0) is 6.54 Å². The average molecular weight is 287 g/mol. The van der Waals surface area contributed by atoms with Gasteiger partial charge in [-0.15, -0.1) is 0 Å². The molecule has 0 fully saturated rings. The maximum Gasteiger partial charge on any atom is 0.127 e. The number of fused-ring (bicyclic) bond motifs is 1. The molecule has 0 amide bonds. The van der Waals surface area contributed by atoms with Crippen LogP contribution in [0.5, 0.6) is 5.75 Å². The number of halogens is 1. The Balaban J connectivity index is 1.67. The first-order valence-electron chi connectivity index (χ1n) is 6.60. The number of imidazole rings is 1. The van der Waals surface area contributed by atoms with Crippen molar-refractivity contribution in [1.29, 1.82) is 0 Å². The summed E-state index contributed by atoms with van der Waals surface area (Å²) >= 11 is 6.19. The maximum absolute atomic E-state index is 6.19. The van der Waals surface area contributed by atoms with Gasteiger partial charge in [0.05, 0.1) is 12.9 Å². The lowest BCUT2D eigenvalue weighted by Gasteiger charge is -2.10. The molecular formula is C16H15ClN2O. The summed E-state index contributed by atoms with van der Waals surface area (Å²) in [6, 6.07) is 11.8. The molecule has 20 heavy (non-hydrogen) atoms. The molecule has 3 nitrogen and oxygen atoms in total. The van der Waals surface area contributed by atoms with Gasteiger partial charge in [-0.1, -0.05) is 35.9 Å². The standard InChI is InChI=1S/C16H15ClN2O/c17-15-6-7-16(14-5-2-1-4-13(14)15)20-11-3-9-19-10-8-18-12-19/h1-2,4-8,10,12H,3,9,11H2. The van der Waals surface area contributed by atoms with Gasteiger partial charge < -0.3 is 9.30 Å². The summed E-state index contributed by atoms with van der Waals surface area (Å²) in [6.45, 7) is 1.58. The van der Waals surface area contributed by atoms with Gasteiger partial charge in [-0.25, -0.2) is 4.98 Å². The van der Waals surface area contributed by atoms with Gasteiger partial charge in [0.1, 0.15) is 5.75 Å². The minimum Gasteiger partial charge on any atom is -0.493 e. The van der Waals surface area contributed by atoms with Crippen LogP contribution in [0.1, 0.15) is 6.42 Å². The Morgan fingerprint density at radius 1 is 1.10 bits per heavy atom. The molecule has 0 N–H and O–H groups in total. The number of rotatable bonds is 5. The van der Waals surface area contributed by atoms with Crippen LogP contribution in [0.15, 0.2) is 55.1 Å². The predicted molar refractivity (Wildman–Crippen MR) is 81.3 cm³/mol. The number of hydrogen-bond acceptors (Lipinski definition) is 2. The van der Waals surface area contributed by atoms with E-state index in [1.807, 2.05) is 53.5 Å². The Kier molecular flexibility index (Phi) is 3.88. The van der Waals surface area contributed by atoms with Gasteiger partial charge in [-0.2, -0.15) is 0 Å². The molecule has 0 aliphatic carbocycles. The monoisotopic (exact) mass is 286 g/mol. The van der Waals surface area contributed by atoms with Gasteiger partial charge in [0, 0.05) is 34.7 Å². The van der Waals surface area contributed by atoms with Crippen molar-refractivity contribution >= 4 is 22.4 Å². The van der Waals surface area contributed by atoms with E-state index in [1.54, 1.807) is 6.20 Å². The van der Waals surface area contributed by atoms with E-state index in [0.29, 0.717) is 6.61 Å². The summed E-state index contributed by atoms with van der Waals surface area (Å²) in [5, 5.41) is 2.84. The molecule has 0 atom stereocenters. The van der Waals surface area contributed by atoms with Crippen molar-refractivity contribution in [3.8, 4) is 5.75 Å². The van der Waals surface area contributed by atoms with Gasteiger partial charge in [0.25, 0.3) is 0 Å². The van der Waals surface area contributed by atoms with Crippen LogP contribution in [0.3, 0.4) is 0 Å². The van der Waals surface area contributed by atoms with Gasteiger partial charge in [-0.3, -0.25) is 0 Å². The van der Waals surface area contributed by atoms with E-state index >= 15 is 0 Å². The number of ether oxygens (including phenoxy) is 1. The molecule has 0 saturated carbocycles. The molecule has 0 unspecified atom stereocenters. The summed E-state index contributed by atoms with van der Waals surface area (Å²) < 4.78 is 7.93. The quantitative estimate of drug-likeness (QED) is 0.659. The minimum absolute atomic E-state index is 0.670. The molecule has 0 radical (unpaired) electrons. The Hall–Kier alpha value is -2.00. The molecule has 102 valence electrons. The summed E-state index contributed by atoms with van der Waals surface area (Å²) in [4.78, 5) is 4.02. The molecule has 0 bridgehead atoms. The van der Waals surface area contributed by atoms with E-state index < -0.39 is 0 Å². The first-order chi connectivity index (χ1) is 9.84. The molecule has 3 aromatic rings. The lowest BCUT2D eigenvalue weighted by atomic mass is 10.1. The fourth-order valence-corrected chi connectivity index (χ4v) is 2.44. The zero-order valence-corrected chi connectivity index (χ0v) is 11.8. The van der Waals surface area contributed by atoms with Crippen LogP contribution in [0.2, 0.25) is 5.02 Å². The van der Waals surface area contributed by atoms with Gasteiger partial charge in [0.15, 0.2) is 0 Å². The molecule has 0 aliphatic heterocycles. The number of nitrogens with zero attached hydrogens (tertiary/aromatic N) is 2. The summed E-state index contributed by atoms with van der Waals surface area (Å²) in [6.07, 6.45) is 6.50. The van der Waals surface area contributed by atoms with Crippen LogP contribution in [0, 0.1) is 0 Å². The molecule has 4 heteroatoms. The third kappa shape index (κ3) is 2.78. The van der Waals surface area contributed by atoms with Crippen molar-refractivity contribution in [1.82, 2.24) is 9.55 Å². The molecule has 2 aromatic carbocycles. The second-order valence-corrected chi connectivity index (χ2v) is 5.00. The summed E-state index contributed by atoms with van der Waals surface area (Å²) in [7, 11) is 0. The highest BCUT2D eigenvalue weighted by Gasteiger charge is 2.04. The highest BCUT2D eigenvalue weighted by Crippen LogP contribution is 2.31.